The lowest BCUT2D eigenvalue weighted by molar-refractivity contribution is -0.117. The van der Waals surface area contributed by atoms with Crippen molar-refractivity contribution in [2.24, 2.45) is 5.73 Å². The van der Waals surface area contributed by atoms with Crippen LogP contribution in [0.2, 0.25) is 0 Å². The molecule has 15 heavy (non-hydrogen) atoms. The molecule has 0 saturated heterocycles. The molecule has 3 N–H and O–H groups in total. The number of amides is 1. The van der Waals surface area contributed by atoms with Crippen molar-refractivity contribution in [2.75, 3.05) is 5.32 Å². The van der Waals surface area contributed by atoms with Crippen molar-refractivity contribution in [3.63, 3.8) is 0 Å². The van der Waals surface area contributed by atoms with E-state index in [2.05, 4.69) is 5.32 Å². The van der Waals surface area contributed by atoms with Crippen molar-refractivity contribution in [1.29, 1.82) is 0 Å². The fourth-order valence-electron chi connectivity index (χ4n) is 2.03. The number of para-hydroxylation sites is 1. The van der Waals surface area contributed by atoms with Gasteiger partial charge in [0, 0.05) is 18.1 Å². The molecule has 0 spiro atoms. The molecule has 0 aliphatic carbocycles. The van der Waals surface area contributed by atoms with Gasteiger partial charge < -0.3 is 15.6 Å². The van der Waals surface area contributed by atoms with Crippen LogP contribution in [0.25, 0.3) is 10.9 Å². The fourth-order valence-corrected chi connectivity index (χ4v) is 2.03. The third-order valence-corrected chi connectivity index (χ3v) is 2.78. The van der Waals surface area contributed by atoms with Crippen molar-refractivity contribution >= 4 is 22.5 Å². The zero-order chi connectivity index (χ0) is 10.4. The number of rotatable bonds is 0. The molecule has 4 heteroatoms. The van der Waals surface area contributed by atoms with Gasteiger partial charge in [-0.1, -0.05) is 12.1 Å². The van der Waals surface area contributed by atoms with Gasteiger partial charge in [0.25, 0.3) is 0 Å². The second-order valence-corrected chi connectivity index (χ2v) is 3.81. The van der Waals surface area contributed by atoms with Crippen molar-refractivity contribution in [3.05, 3.63) is 30.5 Å². The number of carbonyl (C=O) groups is 1. The molecule has 2 aromatic rings. The first kappa shape index (κ1) is 8.49. The van der Waals surface area contributed by atoms with Gasteiger partial charge >= 0.3 is 0 Å². The molecule has 1 aliphatic rings. The Hall–Kier alpha value is -1.81. The Labute approximate surface area is 86.7 Å². The number of carbonyl (C=O) groups excluding carboxylic acids is 1. The lowest BCUT2D eigenvalue weighted by Crippen LogP contribution is -2.37. The van der Waals surface area contributed by atoms with E-state index in [0.29, 0.717) is 6.54 Å². The molecule has 2 heterocycles. The zero-order valence-corrected chi connectivity index (χ0v) is 8.10. The molecule has 76 valence electrons. The largest absolute Gasteiger partial charge is 0.344 e. The van der Waals surface area contributed by atoms with Crippen LogP contribution < -0.4 is 11.1 Å². The highest BCUT2D eigenvalue weighted by atomic mass is 16.2. The topological polar surface area (TPSA) is 60.0 Å². The Morgan fingerprint density at radius 3 is 3.13 bits per heavy atom. The first-order valence-corrected chi connectivity index (χ1v) is 4.90. The molecule has 1 aliphatic heterocycles. The van der Waals surface area contributed by atoms with Crippen LogP contribution in [0.1, 0.15) is 0 Å². The Bertz CT molecular complexity index is 544. The van der Waals surface area contributed by atoms with Crippen LogP contribution in [0.4, 0.5) is 5.69 Å². The standard InChI is InChI=1S/C11H11N3O/c12-8-6-14-5-4-7-2-1-3-9(10(7)14)13-11(8)15/h1-5,8H,6,12H2,(H,13,15)/t8-/m0/s1. The molecule has 4 nitrogen and oxygen atoms in total. The molecule has 0 radical (unpaired) electrons. The number of nitrogens with two attached hydrogens (primary N) is 1. The summed E-state index contributed by atoms with van der Waals surface area (Å²) in [6.45, 7) is 0.534. The minimum absolute atomic E-state index is 0.119. The van der Waals surface area contributed by atoms with Crippen molar-refractivity contribution in [1.82, 2.24) is 4.57 Å². The summed E-state index contributed by atoms with van der Waals surface area (Å²) in [7, 11) is 0. The quantitative estimate of drug-likeness (QED) is 0.665. The summed E-state index contributed by atoms with van der Waals surface area (Å²) >= 11 is 0. The van der Waals surface area contributed by atoms with E-state index < -0.39 is 6.04 Å². The summed E-state index contributed by atoms with van der Waals surface area (Å²) in [5.41, 5.74) is 7.66. The normalized spacial score (nSPS) is 20.1. The molecule has 0 saturated carbocycles. The number of benzene rings is 1. The summed E-state index contributed by atoms with van der Waals surface area (Å²) in [4.78, 5) is 11.6. The zero-order valence-electron chi connectivity index (χ0n) is 8.10. The number of nitrogens with one attached hydrogen (secondary N) is 1. The molecule has 0 bridgehead atoms. The highest BCUT2D eigenvalue weighted by Gasteiger charge is 2.20. The van der Waals surface area contributed by atoms with Crippen molar-refractivity contribution in [2.45, 2.75) is 12.6 Å². The van der Waals surface area contributed by atoms with Gasteiger partial charge in [0.1, 0.15) is 6.04 Å². The Morgan fingerprint density at radius 2 is 2.27 bits per heavy atom. The Morgan fingerprint density at radius 1 is 1.40 bits per heavy atom. The van der Waals surface area contributed by atoms with Crippen LogP contribution in [0.5, 0.6) is 0 Å². The number of anilines is 1. The van der Waals surface area contributed by atoms with Crippen LogP contribution >= 0.6 is 0 Å². The summed E-state index contributed by atoms with van der Waals surface area (Å²) < 4.78 is 2.02. The average molecular weight is 201 g/mol. The third kappa shape index (κ3) is 1.15. The predicted molar refractivity (Wildman–Crippen MR) is 58.5 cm³/mol. The van der Waals surface area contributed by atoms with E-state index in [1.165, 1.54) is 0 Å². The molecular formula is C11H11N3O. The monoisotopic (exact) mass is 201 g/mol. The number of nitrogens with zero attached hydrogens (tertiary/aromatic N) is 1. The predicted octanol–water partition coefficient (Wildman–Crippen LogP) is 0.921. The van der Waals surface area contributed by atoms with Crippen molar-refractivity contribution < 1.29 is 4.79 Å². The van der Waals surface area contributed by atoms with E-state index in [9.17, 15) is 4.79 Å². The van der Waals surface area contributed by atoms with Gasteiger partial charge in [0.15, 0.2) is 0 Å². The minimum Gasteiger partial charge on any atom is -0.344 e. The van der Waals surface area contributed by atoms with E-state index in [1.54, 1.807) is 0 Å². The first-order chi connectivity index (χ1) is 7.25. The van der Waals surface area contributed by atoms with Gasteiger partial charge in [-0.15, -0.1) is 0 Å². The molecule has 1 amide bonds. The van der Waals surface area contributed by atoms with Crippen LogP contribution in [-0.4, -0.2) is 16.5 Å². The Balaban J connectivity index is 2.31. The third-order valence-electron chi connectivity index (χ3n) is 2.78. The molecule has 1 aromatic heterocycles. The number of hydrogen-bond donors (Lipinski definition) is 2. The minimum atomic E-state index is -0.479. The van der Waals surface area contributed by atoms with Gasteiger partial charge in [-0.25, -0.2) is 0 Å². The molecule has 3 rings (SSSR count). The molecule has 1 aromatic carbocycles. The Kier molecular flexibility index (Phi) is 1.61. The van der Waals surface area contributed by atoms with E-state index >= 15 is 0 Å². The summed E-state index contributed by atoms with van der Waals surface area (Å²) in [6, 6.07) is 7.41. The van der Waals surface area contributed by atoms with Gasteiger partial charge in [0.05, 0.1) is 11.2 Å². The smallest absolute Gasteiger partial charge is 0.243 e. The van der Waals surface area contributed by atoms with E-state index in [0.717, 1.165) is 16.6 Å². The van der Waals surface area contributed by atoms with Gasteiger partial charge in [-0.2, -0.15) is 0 Å². The summed E-state index contributed by atoms with van der Waals surface area (Å²) in [5.74, 6) is -0.119. The maximum Gasteiger partial charge on any atom is 0.243 e. The van der Waals surface area contributed by atoms with Crippen LogP contribution in [0.3, 0.4) is 0 Å². The second-order valence-electron chi connectivity index (χ2n) is 3.81. The molecule has 0 fully saturated rings. The lowest BCUT2D eigenvalue weighted by atomic mass is 10.2. The summed E-state index contributed by atoms with van der Waals surface area (Å²) in [5, 5.41) is 3.96. The lowest BCUT2D eigenvalue weighted by Gasteiger charge is -2.07. The summed E-state index contributed by atoms with van der Waals surface area (Å²) in [6.07, 6.45) is 1.97. The van der Waals surface area contributed by atoms with Gasteiger partial charge in [-0.05, 0) is 12.1 Å². The fraction of sp³-hybridized carbons (Fsp3) is 0.182. The maximum absolute atomic E-state index is 11.6. The van der Waals surface area contributed by atoms with E-state index in [-0.39, 0.29) is 5.91 Å². The first-order valence-electron chi connectivity index (χ1n) is 4.90. The second kappa shape index (κ2) is 2.84. The van der Waals surface area contributed by atoms with Crippen LogP contribution in [0.15, 0.2) is 30.5 Å². The van der Waals surface area contributed by atoms with Crippen LogP contribution in [-0.2, 0) is 11.3 Å². The molecular weight excluding hydrogens is 190 g/mol. The molecule has 0 unspecified atom stereocenters. The highest BCUT2D eigenvalue weighted by molar-refractivity contribution is 6.03. The number of hydrogen-bond acceptors (Lipinski definition) is 2. The molecule has 1 atom stereocenters. The SMILES string of the molecule is N[C@H]1Cn2ccc3cccc(c32)NC1=O. The van der Waals surface area contributed by atoms with Crippen molar-refractivity contribution in [3.8, 4) is 0 Å². The van der Waals surface area contributed by atoms with E-state index in [4.69, 9.17) is 5.73 Å². The van der Waals surface area contributed by atoms with E-state index in [1.807, 2.05) is 35.0 Å². The van der Waals surface area contributed by atoms with Crippen LogP contribution in [0, 0.1) is 0 Å². The average Bonchev–Trinajstić information content (AvgIpc) is 2.57. The van der Waals surface area contributed by atoms with Gasteiger partial charge in [-0.3, -0.25) is 4.79 Å². The number of aromatic nitrogens is 1. The maximum atomic E-state index is 11.6. The van der Waals surface area contributed by atoms with Gasteiger partial charge in [0.2, 0.25) is 5.91 Å². The highest BCUT2D eigenvalue weighted by Crippen LogP contribution is 2.26.